The predicted octanol–water partition coefficient (Wildman–Crippen LogP) is 9.83. The number of fused-ring (bicyclic) bond motifs is 10. The van der Waals surface area contributed by atoms with E-state index in [2.05, 4.69) is 76.8 Å². The Kier molecular flexibility index (Phi) is 15.8. The molecule has 80 heavy (non-hydrogen) atoms. The molecule has 1 aliphatic carbocycles. The van der Waals surface area contributed by atoms with Gasteiger partial charge in [0.1, 0.15) is 22.7 Å². The van der Waals surface area contributed by atoms with E-state index in [1.165, 1.54) is 30.2 Å². The van der Waals surface area contributed by atoms with Gasteiger partial charge in [0.25, 0.3) is 17.7 Å². The number of carbonyl (C=O) groups is 3. The summed E-state index contributed by atoms with van der Waals surface area (Å²) in [5, 5.41) is 12.1. The van der Waals surface area contributed by atoms with E-state index >= 15 is 0 Å². The number of hydrogen-bond acceptors (Lipinski definition) is 13. The van der Waals surface area contributed by atoms with Gasteiger partial charge in [-0.15, -0.1) is 0 Å². The molecule has 0 unspecified atom stereocenters. The number of carbonyl (C=O) groups excluding carboxylic acids is 3. The molecule has 0 radical (unpaired) electrons. The third-order valence-corrected chi connectivity index (χ3v) is 13.5. The summed E-state index contributed by atoms with van der Waals surface area (Å²) < 4.78 is 10.7. The largest absolute Gasteiger partial charge is 0.473 e. The number of amides is 3. The number of rotatable bonds is 9. The Balaban J connectivity index is 0.000000160. The van der Waals surface area contributed by atoms with E-state index in [1.54, 1.807) is 78.0 Å². The van der Waals surface area contributed by atoms with Crippen molar-refractivity contribution in [2.45, 2.75) is 39.5 Å². The average molecular weight is 1150 g/mol. The summed E-state index contributed by atoms with van der Waals surface area (Å²) in [5.41, 5.74) is 13.4. The normalized spacial score (nSPS) is 11.7. The van der Waals surface area contributed by atoms with E-state index in [1.807, 2.05) is 91.5 Å². The smallest absolute Gasteiger partial charge is 0.291 e. The second kappa shape index (κ2) is 23.5. The van der Waals surface area contributed by atoms with Crippen LogP contribution < -0.4 is 20.7 Å². The van der Waals surface area contributed by atoms with Crippen molar-refractivity contribution in [1.29, 1.82) is 0 Å². The van der Waals surface area contributed by atoms with Gasteiger partial charge in [0, 0.05) is 124 Å². The zero-order chi connectivity index (χ0) is 54.6. The van der Waals surface area contributed by atoms with Crippen molar-refractivity contribution < 1.29 is 38.6 Å². The molecular formula is C60H53N15O4Ru. The molecule has 0 saturated carbocycles. The molecule has 0 spiro atoms. The van der Waals surface area contributed by atoms with Crippen molar-refractivity contribution >= 4 is 83.7 Å². The van der Waals surface area contributed by atoms with Crippen LogP contribution in [0.3, 0.4) is 0 Å². The maximum Gasteiger partial charge on any atom is 0.291 e. The Bertz CT molecular complexity index is 4180. The molecule has 0 atom stereocenters. The van der Waals surface area contributed by atoms with Gasteiger partial charge in [0.15, 0.2) is 12.6 Å². The fraction of sp³-hybridized carbons (Fsp3) is 0.167. The molecule has 0 fully saturated rings. The monoisotopic (exact) mass is 1150 g/mol. The second-order valence-electron chi connectivity index (χ2n) is 19.1. The van der Waals surface area contributed by atoms with Crippen LogP contribution in [-0.4, -0.2) is 83.0 Å². The van der Waals surface area contributed by atoms with Crippen LogP contribution in [-0.2, 0) is 53.5 Å². The maximum atomic E-state index is 13.0. The predicted molar refractivity (Wildman–Crippen MR) is 304 cm³/mol. The van der Waals surface area contributed by atoms with Gasteiger partial charge in [-0.1, -0.05) is 6.07 Å². The van der Waals surface area contributed by atoms with Gasteiger partial charge >= 0.3 is 0 Å². The van der Waals surface area contributed by atoms with Crippen molar-refractivity contribution in [2.24, 2.45) is 21.1 Å². The molecular weight excluding hydrogens is 1100 g/mol. The van der Waals surface area contributed by atoms with Gasteiger partial charge in [-0.25, -0.2) is 15.0 Å². The quantitative estimate of drug-likeness (QED) is 0.0696. The third kappa shape index (κ3) is 11.3. The van der Waals surface area contributed by atoms with Crippen molar-refractivity contribution in [3.05, 3.63) is 193 Å². The van der Waals surface area contributed by atoms with Crippen LogP contribution in [0.1, 0.15) is 67.0 Å². The first-order chi connectivity index (χ1) is 38.4. The van der Waals surface area contributed by atoms with E-state index < -0.39 is 11.8 Å². The molecule has 0 saturated heterocycles. The van der Waals surface area contributed by atoms with Gasteiger partial charge in [0.2, 0.25) is 0 Å². The number of nitrogens with zero attached hydrogens (tertiary/aromatic N) is 12. The number of nitrogens with one attached hydrogen (secondary N) is 3. The van der Waals surface area contributed by atoms with Gasteiger partial charge in [-0.2, -0.15) is 0 Å². The third-order valence-electron chi connectivity index (χ3n) is 13.5. The summed E-state index contributed by atoms with van der Waals surface area (Å²) in [5.74, 6) is -0.370. The molecule has 1 aliphatic rings. The van der Waals surface area contributed by atoms with Crippen LogP contribution in [0.4, 0.5) is 11.4 Å². The molecule has 0 bridgehead atoms. The van der Waals surface area contributed by atoms with Crippen LogP contribution in [0, 0.1) is 13.8 Å². The van der Waals surface area contributed by atoms with Gasteiger partial charge < -0.3 is 34.4 Å². The Hall–Kier alpha value is -9.68. The molecule has 3 N–H and O–H groups in total. The Morgan fingerprint density at radius 1 is 0.512 bits per heavy atom. The molecule has 10 heterocycles. The molecule has 2 aromatic carbocycles. The van der Waals surface area contributed by atoms with Crippen LogP contribution in [0.25, 0.3) is 66.0 Å². The Labute approximate surface area is 471 Å². The fourth-order valence-corrected chi connectivity index (χ4v) is 9.61. The van der Waals surface area contributed by atoms with Gasteiger partial charge in [-0.05, 0) is 136 Å². The minimum atomic E-state index is -0.410. The molecule has 12 aromatic rings. The van der Waals surface area contributed by atoms with Crippen LogP contribution in [0.15, 0.2) is 153 Å². The molecule has 10 aromatic heterocycles. The molecule has 13 rings (SSSR count). The van der Waals surface area contributed by atoms with Crippen molar-refractivity contribution in [3.63, 3.8) is 0 Å². The van der Waals surface area contributed by atoms with E-state index in [9.17, 15) is 14.4 Å². The molecule has 20 heteroatoms. The van der Waals surface area contributed by atoms with Crippen LogP contribution in [0.5, 0.6) is 5.75 Å². The number of hydrogen-bond donors (Lipinski definition) is 3. The van der Waals surface area contributed by atoms with Gasteiger partial charge in [-0.3, -0.25) is 44.3 Å². The summed E-state index contributed by atoms with van der Waals surface area (Å²) in [6.45, 7) is 4.03. The number of aryl methyl sites for hydroxylation is 7. The minimum Gasteiger partial charge on any atom is -0.473 e. The van der Waals surface area contributed by atoms with Crippen LogP contribution in [0.2, 0.25) is 0 Å². The number of aromatic nitrogens is 12. The van der Waals surface area contributed by atoms with E-state index in [0.29, 0.717) is 34.0 Å². The fourth-order valence-electron chi connectivity index (χ4n) is 9.61. The number of ether oxygens (including phenoxy) is 1. The standard InChI is InChI=1S/C30H27N9O4.C18H14N4.C12H12N2.Ru/c1-37-11-10-33-27(37)30(42)36-20-14-23(39(3)16-20)29(41)35-19-13-22(38(2)15-19)28(40)34-17-43-24-12-18-6-4-8-31-25(18)26-21(24)7-5-9-32-26;1-2-8-14-13(7-1)21-17-11-5-3-9-19-15(11)16-12(18(17)22-14)6-4-10-20-16;1-9-3-5-13-11(7-9)12-8-10(2)4-6-14-12;/h4-16H,17H2,1-3H3,(H,34,40)(H,35,41)(H,36,42);3-6,9-10H,1-2,7-8H2;3-8H,1-2H3;. The summed E-state index contributed by atoms with van der Waals surface area (Å²) in [7, 11) is 5.12. The van der Waals surface area contributed by atoms with Crippen molar-refractivity contribution in [2.75, 3.05) is 17.4 Å². The zero-order valence-electron chi connectivity index (χ0n) is 44.3. The number of anilines is 2. The molecule has 400 valence electrons. The first-order valence-corrected chi connectivity index (χ1v) is 25.6. The molecule has 19 nitrogen and oxygen atoms in total. The summed E-state index contributed by atoms with van der Waals surface area (Å²) in [6, 6.07) is 28.6. The van der Waals surface area contributed by atoms with E-state index in [4.69, 9.17) is 14.7 Å². The van der Waals surface area contributed by atoms with Gasteiger partial charge in [0.05, 0.1) is 61.7 Å². The SMILES string of the molecule is Cc1ccnc(-c2cc(C)ccn2)c1.Cn1cc(NC(=O)c2cc(NC(=O)c3nccn3C)cn2C)cc1C(=O)NCOc1cc2cccnc2c2ncccc12.[Ru].c1cnc2c(c1)c1nc3c(nc1c1cccnc12)CCCC3. The topological polar surface area (TPSA) is 227 Å². The second-order valence-corrected chi connectivity index (χ2v) is 19.1. The first kappa shape index (κ1) is 53.7. The molecule has 0 aliphatic heterocycles. The Morgan fingerprint density at radius 3 is 1.55 bits per heavy atom. The minimum absolute atomic E-state index is 0. The summed E-state index contributed by atoms with van der Waals surface area (Å²) >= 11 is 0. The summed E-state index contributed by atoms with van der Waals surface area (Å²) in [4.78, 5) is 79.0. The van der Waals surface area contributed by atoms with Crippen molar-refractivity contribution in [3.8, 4) is 17.1 Å². The number of benzene rings is 2. The number of imidazole rings is 1. The molecule has 3 amide bonds. The van der Waals surface area contributed by atoms with Crippen molar-refractivity contribution in [1.82, 2.24) is 63.9 Å². The average Bonchev–Trinajstić information content (AvgIpc) is 4.32. The van der Waals surface area contributed by atoms with Crippen LogP contribution >= 0.6 is 0 Å². The van der Waals surface area contributed by atoms with E-state index in [0.717, 1.165) is 84.7 Å². The summed E-state index contributed by atoms with van der Waals surface area (Å²) in [6.07, 6.45) is 21.6. The number of pyridine rings is 6. The zero-order valence-corrected chi connectivity index (χ0v) is 46.1. The first-order valence-electron chi connectivity index (χ1n) is 25.6. The van der Waals surface area contributed by atoms with E-state index in [-0.39, 0.29) is 37.9 Å². The Morgan fingerprint density at radius 2 is 1.01 bits per heavy atom. The maximum absolute atomic E-state index is 13.0.